The highest BCUT2D eigenvalue weighted by molar-refractivity contribution is 6.33. The summed E-state index contributed by atoms with van der Waals surface area (Å²) >= 11 is 6.05. The summed E-state index contributed by atoms with van der Waals surface area (Å²) in [6.07, 6.45) is 3.33. The highest BCUT2D eigenvalue weighted by atomic mass is 35.5. The molecule has 0 aromatic heterocycles. The number of likely N-dealkylation sites (tertiary alicyclic amines) is 1. The zero-order valence-electron chi connectivity index (χ0n) is 11.3. The largest absolute Gasteiger partial charge is 0.359 e. The summed E-state index contributed by atoms with van der Waals surface area (Å²) in [5, 5.41) is 20.6. The molecule has 1 fully saturated rings. The van der Waals surface area contributed by atoms with Gasteiger partial charge >= 0.3 is 0 Å². The number of carbonyl (C=O) groups is 1. The average molecular weight is 301 g/mol. The van der Waals surface area contributed by atoms with E-state index in [1.807, 2.05) is 0 Å². The van der Waals surface area contributed by atoms with E-state index in [9.17, 15) is 4.79 Å². The van der Waals surface area contributed by atoms with Crippen molar-refractivity contribution in [2.75, 3.05) is 18.4 Å². The summed E-state index contributed by atoms with van der Waals surface area (Å²) in [5.74, 6) is -0.0306. The van der Waals surface area contributed by atoms with Crippen molar-refractivity contribution in [3.05, 3.63) is 40.6 Å². The lowest BCUT2D eigenvalue weighted by molar-refractivity contribution is 0.0793. The Morgan fingerprint density at radius 3 is 2.57 bits per heavy atom. The normalized spacial score (nSPS) is 13.2. The van der Waals surface area contributed by atoms with Gasteiger partial charge in [-0.25, -0.2) is 0 Å². The van der Waals surface area contributed by atoms with E-state index in [2.05, 4.69) is 5.32 Å². The van der Waals surface area contributed by atoms with Crippen LogP contribution in [0.3, 0.4) is 0 Å². The van der Waals surface area contributed by atoms with Gasteiger partial charge in [0.15, 0.2) is 0 Å². The van der Waals surface area contributed by atoms with Gasteiger partial charge in [0.1, 0.15) is 17.7 Å². The molecule has 0 unspecified atom stereocenters. The number of nitrogens with zero attached hydrogens (tertiary/aromatic N) is 3. The number of hydrogen-bond donors (Lipinski definition) is 1. The van der Waals surface area contributed by atoms with Crippen LogP contribution in [0.1, 0.15) is 23.2 Å². The first-order valence-electron chi connectivity index (χ1n) is 6.51. The fourth-order valence-corrected chi connectivity index (χ4v) is 2.28. The van der Waals surface area contributed by atoms with Crippen LogP contribution in [0.15, 0.2) is 30.0 Å². The monoisotopic (exact) mass is 300 g/mol. The van der Waals surface area contributed by atoms with Crippen molar-refractivity contribution in [1.82, 2.24) is 4.90 Å². The van der Waals surface area contributed by atoms with Crippen LogP contribution in [0.25, 0.3) is 0 Å². The number of allylic oxidation sites excluding steroid dienone is 1. The second-order valence-corrected chi connectivity index (χ2v) is 5.03. The van der Waals surface area contributed by atoms with Crippen LogP contribution in [-0.2, 0) is 0 Å². The quantitative estimate of drug-likeness (QED) is 0.870. The molecule has 0 radical (unpaired) electrons. The summed E-state index contributed by atoms with van der Waals surface area (Å²) in [6.45, 7) is 1.55. The number of carbonyl (C=O) groups excluding carboxylic acids is 1. The van der Waals surface area contributed by atoms with Crippen LogP contribution < -0.4 is 5.32 Å². The maximum absolute atomic E-state index is 12.3. The van der Waals surface area contributed by atoms with Crippen LogP contribution in [0.4, 0.5) is 5.69 Å². The van der Waals surface area contributed by atoms with E-state index in [4.69, 9.17) is 22.1 Å². The fourth-order valence-electron chi connectivity index (χ4n) is 2.11. The molecule has 0 spiro atoms. The first-order valence-corrected chi connectivity index (χ1v) is 6.89. The Bertz CT molecular complexity index is 647. The molecule has 1 aliphatic heterocycles. The molecule has 0 aliphatic carbocycles. The minimum atomic E-state index is -0.0673. The first-order chi connectivity index (χ1) is 10.2. The van der Waals surface area contributed by atoms with E-state index in [1.54, 1.807) is 35.2 Å². The van der Waals surface area contributed by atoms with Gasteiger partial charge in [0, 0.05) is 24.9 Å². The second kappa shape index (κ2) is 6.78. The van der Waals surface area contributed by atoms with Gasteiger partial charge in [-0.1, -0.05) is 11.6 Å². The standard InChI is InChI=1S/C15H13ClN4O/c16-13-4-3-12(15(21)20-5-1-2-6-20)7-14(13)19-10-11(8-17)9-18/h3-4,7,10,19H,1-2,5-6H2. The van der Waals surface area contributed by atoms with E-state index in [1.165, 1.54) is 6.20 Å². The van der Waals surface area contributed by atoms with Gasteiger partial charge in [-0.2, -0.15) is 10.5 Å². The maximum atomic E-state index is 12.3. The smallest absolute Gasteiger partial charge is 0.253 e. The summed E-state index contributed by atoms with van der Waals surface area (Å²) < 4.78 is 0. The molecule has 5 nitrogen and oxygen atoms in total. The third-order valence-electron chi connectivity index (χ3n) is 3.22. The van der Waals surface area contributed by atoms with Crippen molar-refractivity contribution in [3.8, 4) is 12.1 Å². The van der Waals surface area contributed by atoms with Crippen molar-refractivity contribution in [2.24, 2.45) is 0 Å². The molecule has 0 saturated carbocycles. The average Bonchev–Trinajstić information content (AvgIpc) is 3.03. The molecule has 21 heavy (non-hydrogen) atoms. The van der Waals surface area contributed by atoms with Crippen LogP contribution >= 0.6 is 11.6 Å². The van der Waals surface area contributed by atoms with Crippen LogP contribution in [0.2, 0.25) is 5.02 Å². The lowest BCUT2D eigenvalue weighted by atomic mass is 10.1. The number of halogens is 1. The van der Waals surface area contributed by atoms with Gasteiger partial charge in [-0.3, -0.25) is 4.79 Å². The predicted octanol–water partition coefficient (Wildman–Crippen LogP) is 2.92. The van der Waals surface area contributed by atoms with Gasteiger partial charge in [0.2, 0.25) is 0 Å². The molecule has 0 bridgehead atoms. The molecule has 1 aliphatic rings. The predicted molar refractivity (Wildman–Crippen MR) is 79.5 cm³/mol. The van der Waals surface area contributed by atoms with Gasteiger partial charge in [0.05, 0.1) is 10.7 Å². The third-order valence-corrected chi connectivity index (χ3v) is 3.55. The van der Waals surface area contributed by atoms with Gasteiger partial charge < -0.3 is 10.2 Å². The number of anilines is 1. The molecule has 106 valence electrons. The zero-order chi connectivity index (χ0) is 15.2. The third kappa shape index (κ3) is 3.53. The van der Waals surface area contributed by atoms with Crippen molar-refractivity contribution in [3.63, 3.8) is 0 Å². The number of amides is 1. The Morgan fingerprint density at radius 1 is 1.29 bits per heavy atom. The Kier molecular flexibility index (Phi) is 4.81. The Labute approximate surface area is 128 Å². The minimum Gasteiger partial charge on any atom is -0.359 e. The number of nitriles is 2. The molecular formula is C15H13ClN4O. The Balaban J connectivity index is 2.21. The van der Waals surface area contributed by atoms with Crippen LogP contribution in [0, 0.1) is 22.7 Å². The van der Waals surface area contributed by atoms with Gasteiger partial charge in [-0.15, -0.1) is 0 Å². The first kappa shape index (κ1) is 14.9. The lowest BCUT2D eigenvalue weighted by Gasteiger charge is -2.16. The molecule has 1 N–H and O–H groups in total. The molecule has 1 amide bonds. The van der Waals surface area contributed by atoms with Gasteiger partial charge in [-0.05, 0) is 31.0 Å². The number of nitrogens with one attached hydrogen (secondary N) is 1. The van der Waals surface area contributed by atoms with Crippen LogP contribution in [-0.4, -0.2) is 23.9 Å². The molecule has 1 aromatic carbocycles. The second-order valence-electron chi connectivity index (χ2n) is 4.62. The van der Waals surface area contributed by atoms with E-state index in [-0.39, 0.29) is 11.5 Å². The van der Waals surface area contributed by atoms with E-state index >= 15 is 0 Å². The Hall–Kier alpha value is -2.50. The summed E-state index contributed by atoms with van der Waals surface area (Å²) in [4.78, 5) is 14.1. The van der Waals surface area contributed by atoms with Crippen molar-refractivity contribution >= 4 is 23.2 Å². The van der Waals surface area contributed by atoms with E-state index < -0.39 is 0 Å². The summed E-state index contributed by atoms with van der Waals surface area (Å²) in [6, 6.07) is 8.41. The topological polar surface area (TPSA) is 79.9 Å². The van der Waals surface area contributed by atoms with Crippen LogP contribution in [0.5, 0.6) is 0 Å². The SMILES string of the molecule is N#CC(C#N)=CNc1cc(C(=O)N2CCCC2)ccc1Cl. The number of rotatable bonds is 3. The Morgan fingerprint density at radius 2 is 1.95 bits per heavy atom. The highest BCUT2D eigenvalue weighted by Crippen LogP contribution is 2.24. The van der Waals surface area contributed by atoms with Gasteiger partial charge in [0.25, 0.3) is 5.91 Å². The lowest BCUT2D eigenvalue weighted by Crippen LogP contribution is -2.27. The molecule has 6 heteroatoms. The van der Waals surface area contributed by atoms with Crippen molar-refractivity contribution < 1.29 is 4.79 Å². The summed E-state index contributed by atoms with van der Waals surface area (Å²) in [7, 11) is 0. The molecule has 2 rings (SSSR count). The molecule has 1 aromatic rings. The van der Waals surface area contributed by atoms with Crippen molar-refractivity contribution in [1.29, 1.82) is 10.5 Å². The molecular weight excluding hydrogens is 288 g/mol. The fraction of sp³-hybridized carbons (Fsp3) is 0.267. The van der Waals surface area contributed by atoms with Crippen molar-refractivity contribution in [2.45, 2.75) is 12.8 Å². The zero-order valence-corrected chi connectivity index (χ0v) is 12.0. The molecule has 1 saturated heterocycles. The molecule has 1 heterocycles. The van der Waals surface area contributed by atoms with E-state index in [0.29, 0.717) is 16.3 Å². The highest BCUT2D eigenvalue weighted by Gasteiger charge is 2.20. The number of hydrogen-bond acceptors (Lipinski definition) is 4. The maximum Gasteiger partial charge on any atom is 0.253 e. The minimum absolute atomic E-state index is 0.0306. The summed E-state index contributed by atoms with van der Waals surface area (Å²) in [5.41, 5.74) is 0.958. The van der Waals surface area contributed by atoms with E-state index in [0.717, 1.165) is 25.9 Å². The number of benzene rings is 1. The molecule has 0 atom stereocenters.